The summed E-state index contributed by atoms with van der Waals surface area (Å²) in [6.07, 6.45) is 3.45. The number of carbonyl (C=O) groups is 1. The highest BCUT2D eigenvalue weighted by molar-refractivity contribution is 7.07. The summed E-state index contributed by atoms with van der Waals surface area (Å²) in [5.74, 6) is -0.0677. The number of carbonyl (C=O) groups excluding carboxylic acids is 1. The summed E-state index contributed by atoms with van der Waals surface area (Å²) in [5, 5.41) is 4.12. The second-order valence-electron chi connectivity index (χ2n) is 5.51. The monoisotopic (exact) mass is 303 g/mol. The molecule has 0 aliphatic heterocycles. The molecule has 0 atom stereocenters. The van der Waals surface area contributed by atoms with Crippen molar-refractivity contribution in [2.75, 3.05) is 0 Å². The Hall–Kier alpha value is -1.68. The van der Waals surface area contributed by atoms with Crippen LogP contribution in [0.15, 0.2) is 41.1 Å². The maximum atomic E-state index is 13.3. The zero-order valence-electron chi connectivity index (χ0n) is 11.8. The lowest BCUT2D eigenvalue weighted by atomic mass is 10.1. The van der Waals surface area contributed by atoms with E-state index < -0.39 is 0 Å². The van der Waals surface area contributed by atoms with Crippen LogP contribution in [0.25, 0.3) is 0 Å². The van der Waals surface area contributed by atoms with Crippen LogP contribution in [0.3, 0.4) is 0 Å². The quantitative estimate of drug-likeness (QED) is 0.789. The molecular weight excluding hydrogens is 285 g/mol. The van der Waals surface area contributed by atoms with E-state index in [2.05, 4.69) is 11.4 Å². The third kappa shape index (κ3) is 3.91. The second kappa shape index (κ2) is 6.39. The molecule has 21 heavy (non-hydrogen) atoms. The number of aryl methyl sites for hydroxylation is 1. The molecule has 0 saturated heterocycles. The van der Waals surface area contributed by atoms with Crippen molar-refractivity contribution in [3.63, 3.8) is 0 Å². The van der Waals surface area contributed by atoms with Gasteiger partial charge in [0.1, 0.15) is 5.82 Å². The zero-order valence-corrected chi connectivity index (χ0v) is 12.6. The molecule has 2 nitrogen and oxygen atoms in total. The number of thiophene rings is 1. The van der Waals surface area contributed by atoms with Crippen molar-refractivity contribution in [3.05, 3.63) is 58.0 Å². The normalized spacial score (nSPS) is 14.1. The lowest BCUT2D eigenvalue weighted by Crippen LogP contribution is -2.32. The van der Waals surface area contributed by atoms with Crippen LogP contribution in [-0.4, -0.2) is 16.8 Å². The summed E-state index contributed by atoms with van der Waals surface area (Å²) in [6, 6.07) is 8.94. The number of amides is 1. The second-order valence-corrected chi connectivity index (χ2v) is 6.29. The number of halogens is 1. The van der Waals surface area contributed by atoms with E-state index in [1.54, 1.807) is 17.4 Å². The van der Waals surface area contributed by atoms with E-state index in [1.807, 2.05) is 16.3 Å². The minimum absolute atomic E-state index is 0.174. The molecule has 0 unspecified atom stereocenters. The van der Waals surface area contributed by atoms with Crippen LogP contribution < -0.4 is 0 Å². The minimum atomic E-state index is -0.242. The number of benzene rings is 1. The maximum Gasteiger partial charge on any atom is 0.223 e. The van der Waals surface area contributed by atoms with Gasteiger partial charge in [0, 0.05) is 19.0 Å². The molecule has 1 fully saturated rings. The minimum Gasteiger partial charge on any atom is -0.335 e. The lowest BCUT2D eigenvalue weighted by molar-refractivity contribution is -0.132. The molecule has 1 aliphatic carbocycles. The molecule has 0 bridgehead atoms. The Labute approximate surface area is 128 Å². The summed E-state index contributed by atoms with van der Waals surface area (Å²) in [5.41, 5.74) is 2.08. The van der Waals surface area contributed by atoms with Crippen molar-refractivity contribution in [2.24, 2.45) is 0 Å². The Morgan fingerprint density at radius 1 is 1.29 bits per heavy atom. The molecule has 1 saturated carbocycles. The molecule has 3 rings (SSSR count). The highest BCUT2D eigenvalue weighted by atomic mass is 32.1. The fourth-order valence-electron chi connectivity index (χ4n) is 2.47. The number of hydrogen-bond donors (Lipinski definition) is 0. The van der Waals surface area contributed by atoms with Crippen molar-refractivity contribution >= 4 is 17.2 Å². The molecule has 1 heterocycles. The van der Waals surface area contributed by atoms with Gasteiger partial charge in [-0.3, -0.25) is 4.79 Å². The third-order valence-electron chi connectivity index (χ3n) is 3.76. The zero-order chi connectivity index (χ0) is 14.7. The molecule has 0 spiro atoms. The van der Waals surface area contributed by atoms with E-state index in [0.717, 1.165) is 24.8 Å². The van der Waals surface area contributed by atoms with Gasteiger partial charge in [-0.2, -0.15) is 11.3 Å². The van der Waals surface area contributed by atoms with Crippen LogP contribution in [0.4, 0.5) is 4.39 Å². The molecule has 1 amide bonds. The van der Waals surface area contributed by atoms with Crippen molar-refractivity contribution in [1.82, 2.24) is 4.90 Å². The van der Waals surface area contributed by atoms with Crippen LogP contribution in [0, 0.1) is 5.82 Å². The number of hydrogen-bond acceptors (Lipinski definition) is 2. The Morgan fingerprint density at radius 2 is 2.14 bits per heavy atom. The summed E-state index contributed by atoms with van der Waals surface area (Å²) >= 11 is 1.66. The molecule has 110 valence electrons. The van der Waals surface area contributed by atoms with Crippen LogP contribution in [0.2, 0.25) is 0 Å². The van der Waals surface area contributed by atoms with Crippen molar-refractivity contribution < 1.29 is 9.18 Å². The van der Waals surface area contributed by atoms with Gasteiger partial charge in [-0.15, -0.1) is 0 Å². The maximum absolute atomic E-state index is 13.3. The molecular formula is C17H18FNOS. The van der Waals surface area contributed by atoms with Crippen LogP contribution >= 0.6 is 11.3 Å². The van der Waals surface area contributed by atoms with Gasteiger partial charge in [-0.1, -0.05) is 12.1 Å². The summed E-state index contributed by atoms with van der Waals surface area (Å²) in [6.45, 7) is 0.519. The molecule has 0 radical (unpaired) electrons. The first-order valence-corrected chi connectivity index (χ1v) is 8.21. The molecule has 4 heteroatoms. The average molecular weight is 303 g/mol. The van der Waals surface area contributed by atoms with Gasteiger partial charge in [-0.25, -0.2) is 4.39 Å². The van der Waals surface area contributed by atoms with E-state index in [9.17, 15) is 9.18 Å². The van der Waals surface area contributed by atoms with Gasteiger partial charge < -0.3 is 4.90 Å². The molecule has 2 aromatic rings. The van der Waals surface area contributed by atoms with Crippen LogP contribution in [0.5, 0.6) is 0 Å². The van der Waals surface area contributed by atoms with Gasteiger partial charge in [-0.05, 0) is 59.3 Å². The van der Waals surface area contributed by atoms with Gasteiger partial charge >= 0.3 is 0 Å². The predicted octanol–water partition coefficient (Wildman–Crippen LogP) is 4.01. The fraction of sp³-hybridized carbons (Fsp3) is 0.353. The number of nitrogens with zero attached hydrogens (tertiary/aromatic N) is 1. The van der Waals surface area contributed by atoms with Crippen molar-refractivity contribution in [3.8, 4) is 0 Å². The van der Waals surface area contributed by atoms with Crippen molar-refractivity contribution in [1.29, 1.82) is 0 Å². The largest absolute Gasteiger partial charge is 0.335 e. The molecule has 1 aromatic carbocycles. The van der Waals surface area contributed by atoms with Crippen LogP contribution in [-0.2, 0) is 17.8 Å². The molecule has 1 aliphatic rings. The average Bonchev–Trinajstić information content (AvgIpc) is 3.18. The SMILES string of the molecule is O=C(CCc1ccsc1)N(Cc1cccc(F)c1)C1CC1. The predicted molar refractivity (Wildman–Crippen MR) is 82.6 cm³/mol. The summed E-state index contributed by atoms with van der Waals surface area (Å²) in [4.78, 5) is 14.4. The first-order chi connectivity index (χ1) is 10.2. The van der Waals surface area contributed by atoms with Gasteiger partial charge in [0.2, 0.25) is 5.91 Å². The van der Waals surface area contributed by atoms with E-state index in [0.29, 0.717) is 19.0 Å². The van der Waals surface area contributed by atoms with Crippen molar-refractivity contribution in [2.45, 2.75) is 38.3 Å². The number of rotatable bonds is 6. The lowest BCUT2D eigenvalue weighted by Gasteiger charge is -2.22. The summed E-state index contributed by atoms with van der Waals surface area (Å²) in [7, 11) is 0. The highest BCUT2D eigenvalue weighted by Crippen LogP contribution is 2.29. The first-order valence-electron chi connectivity index (χ1n) is 7.27. The van der Waals surface area contributed by atoms with E-state index in [4.69, 9.17) is 0 Å². The van der Waals surface area contributed by atoms with Gasteiger partial charge in [0.05, 0.1) is 0 Å². The van der Waals surface area contributed by atoms with E-state index in [1.165, 1.54) is 17.7 Å². The molecule has 1 aromatic heterocycles. The third-order valence-corrected chi connectivity index (χ3v) is 4.49. The first kappa shape index (κ1) is 14.3. The van der Waals surface area contributed by atoms with Crippen LogP contribution in [0.1, 0.15) is 30.4 Å². The Morgan fingerprint density at radius 3 is 2.81 bits per heavy atom. The topological polar surface area (TPSA) is 20.3 Å². The fourth-order valence-corrected chi connectivity index (χ4v) is 3.17. The highest BCUT2D eigenvalue weighted by Gasteiger charge is 2.32. The van der Waals surface area contributed by atoms with Gasteiger partial charge in [0.15, 0.2) is 0 Å². The smallest absolute Gasteiger partial charge is 0.223 e. The summed E-state index contributed by atoms with van der Waals surface area (Å²) < 4.78 is 13.3. The van der Waals surface area contributed by atoms with E-state index >= 15 is 0 Å². The van der Waals surface area contributed by atoms with Gasteiger partial charge in [0.25, 0.3) is 0 Å². The standard InChI is InChI=1S/C17H18FNOS/c18-15-3-1-2-14(10-15)11-19(16-5-6-16)17(20)7-4-13-8-9-21-12-13/h1-3,8-10,12,16H,4-7,11H2. The Bertz CT molecular complexity index is 607. The van der Waals surface area contributed by atoms with E-state index in [-0.39, 0.29) is 11.7 Å². The molecule has 0 N–H and O–H groups in total. The Balaban J connectivity index is 1.62. The Kier molecular flexibility index (Phi) is 4.34.